The molecule has 222 valence electrons. The first-order chi connectivity index (χ1) is 20.4. The summed E-state index contributed by atoms with van der Waals surface area (Å²) in [6.07, 6.45) is 2.97. The number of benzene rings is 1. The zero-order chi connectivity index (χ0) is 30.4. The molecule has 0 spiro atoms. The van der Waals surface area contributed by atoms with E-state index in [-0.39, 0.29) is 56.2 Å². The van der Waals surface area contributed by atoms with Crippen molar-refractivity contribution in [2.45, 2.75) is 51.5 Å². The first kappa shape index (κ1) is 27.8. The number of likely N-dealkylation sites (N-methyl/N-ethyl adjacent to an activating group) is 1. The summed E-state index contributed by atoms with van der Waals surface area (Å²) in [4.78, 5) is 30.5. The van der Waals surface area contributed by atoms with Crippen LogP contribution < -0.4 is 10.2 Å². The van der Waals surface area contributed by atoms with Crippen LogP contribution in [0.2, 0.25) is 0 Å². The number of hydrogen-bond acceptors (Lipinski definition) is 10. The Balaban J connectivity index is 1.39. The molecule has 4 aromatic rings. The molecule has 2 aliphatic heterocycles. The van der Waals surface area contributed by atoms with Gasteiger partial charge in [-0.25, -0.2) is 23.5 Å². The van der Waals surface area contributed by atoms with Gasteiger partial charge in [0.1, 0.15) is 22.2 Å². The van der Waals surface area contributed by atoms with E-state index in [9.17, 15) is 10.1 Å². The average Bonchev–Trinajstić information content (AvgIpc) is 3.29. The Labute approximate surface area is 250 Å². The second-order valence-electron chi connectivity index (χ2n) is 12.6. The minimum Gasteiger partial charge on any atom is -0.444 e. The molecule has 3 aromatic heterocycles. The highest BCUT2D eigenvalue weighted by Crippen LogP contribution is 2.53. The second kappa shape index (κ2) is 9.51. The Bertz CT molecular complexity index is 1900. The lowest BCUT2D eigenvalue weighted by Gasteiger charge is -2.25. The van der Waals surface area contributed by atoms with Crippen LogP contribution in [-0.4, -0.2) is 64.3 Å². The van der Waals surface area contributed by atoms with Crippen LogP contribution in [0.25, 0.3) is 32.2 Å². The highest BCUT2D eigenvalue weighted by molar-refractivity contribution is 7.23. The maximum atomic E-state index is 16.8. The van der Waals surface area contributed by atoms with Gasteiger partial charge in [0.15, 0.2) is 11.6 Å². The summed E-state index contributed by atoms with van der Waals surface area (Å²) in [7, 11) is 4.15. The number of nitriles is 1. The van der Waals surface area contributed by atoms with Gasteiger partial charge >= 0.3 is 6.09 Å². The Hall–Kier alpha value is -3.99. The van der Waals surface area contributed by atoms with Gasteiger partial charge in [-0.15, -0.1) is 11.3 Å². The van der Waals surface area contributed by atoms with Crippen LogP contribution in [0.5, 0.6) is 0 Å². The molecular formula is C30H29F2N7O3S. The lowest BCUT2D eigenvalue weighted by atomic mass is 9.94. The number of ether oxygens (including phenoxy) is 2. The normalized spacial score (nSPS) is 20.9. The second-order valence-corrected chi connectivity index (χ2v) is 13.6. The Morgan fingerprint density at radius 3 is 2.72 bits per heavy atom. The van der Waals surface area contributed by atoms with Gasteiger partial charge in [0, 0.05) is 41.2 Å². The van der Waals surface area contributed by atoms with E-state index < -0.39 is 23.3 Å². The van der Waals surface area contributed by atoms with E-state index in [2.05, 4.69) is 45.2 Å². The molecule has 0 unspecified atom stereocenters. The molecule has 2 atom stereocenters. The van der Waals surface area contributed by atoms with Crippen molar-refractivity contribution in [1.82, 2.24) is 19.9 Å². The maximum Gasteiger partial charge on any atom is 0.412 e. The molecule has 1 saturated heterocycles. The van der Waals surface area contributed by atoms with Crippen molar-refractivity contribution in [2.75, 3.05) is 37.4 Å². The SMILES string of the molecule is CN(C)[C@]12C[C@H]1CN(c1ncc3c4c(c(-c5ncc(F)c6sc(NC(=O)OC(C)(C)C)c(C#N)c56)c(F)c3n1)COC4)C2. The number of fused-ring (bicyclic) bond motifs is 5. The fourth-order valence-corrected chi connectivity index (χ4v) is 7.49. The smallest absolute Gasteiger partial charge is 0.412 e. The predicted molar refractivity (Wildman–Crippen MR) is 158 cm³/mol. The van der Waals surface area contributed by atoms with E-state index in [1.54, 1.807) is 27.0 Å². The number of piperidine rings is 1. The lowest BCUT2D eigenvalue weighted by molar-refractivity contribution is 0.0636. The molecule has 10 nitrogen and oxygen atoms in total. The molecule has 1 N–H and O–H groups in total. The molecule has 43 heavy (non-hydrogen) atoms. The van der Waals surface area contributed by atoms with Crippen LogP contribution >= 0.6 is 11.3 Å². The molecule has 1 aliphatic carbocycles. The summed E-state index contributed by atoms with van der Waals surface area (Å²) < 4.78 is 43.0. The minimum absolute atomic E-state index is 0.0336. The number of anilines is 2. The molecule has 0 bridgehead atoms. The Morgan fingerprint density at radius 1 is 1.26 bits per heavy atom. The van der Waals surface area contributed by atoms with Crippen molar-refractivity contribution in [3.63, 3.8) is 0 Å². The van der Waals surface area contributed by atoms with Crippen LogP contribution in [0.4, 0.5) is 24.5 Å². The van der Waals surface area contributed by atoms with E-state index in [0.29, 0.717) is 22.8 Å². The zero-order valence-electron chi connectivity index (χ0n) is 24.3. The first-order valence-electron chi connectivity index (χ1n) is 13.9. The number of amides is 1. The van der Waals surface area contributed by atoms with Crippen LogP contribution in [-0.2, 0) is 22.7 Å². The summed E-state index contributed by atoms with van der Waals surface area (Å²) in [6, 6.07) is 2.06. The van der Waals surface area contributed by atoms with Crippen LogP contribution in [0.15, 0.2) is 12.4 Å². The number of aromatic nitrogens is 3. The van der Waals surface area contributed by atoms with E-state index in [4.69, 9.17) is 14.5 Å². The molecule has 3 aliphatic rings. The fourth-order valence-electron chi connectivity index (χ4n) is 6.45. The number of rotatable bonds is 4. The van der Waals surface area contributed by atoms with Crippen molar-refractivity contribution in [3.8, 4) is 17.3 Å². The number of nitrogens with one attached hydrogen (secondary N) is 1. The number of nitrogens with zero attached hydrogens (tertiary/aromatic N) is 6. The van der Waals surface area contributed by atoms with Crippen molar-refractivity contribution >= 4 is 49.4 Å². The molecular weight excluding hydrogens is 576 g/mol. The predicted octanol–water partition coefficient (Wildman–Crippen LogP) is 5.57. The molecule has 5 heterocycles. The molecule has 2 fully saturated rings. The number of thiophene rings is 1. The van der Waals surface area contributed by atoms with E-state index in [0.717, 1.165) is 42.6 Å². The number of carbonyl (C=O) groups excluding carboxylic acids is 1. The van der Waals surface area contributed by atoms with Crippen molar-refractivity contribution < 1.29 is 23.0 Å². The third kappa shape index (κ3) is 4.30. The number of hydrogen-bond donors (Lipinski definition) is 1. The molecule has 7 rings (SSSR count). The summed E-state index contributed by atoms with van der Waals surface area (Å²) in [5.41, 5.74) is 0.842. The summed E-state index contributed by atoms with van der Waals surface area (Å²) in [5, 5.41) is 13.4. The maximum absolute atomic E-state index is 16.8. The Morgan fingerprint density at radius 2 is 2.02 bits per heavy atom. The standard InChI is InChI=1S/C30H29F2N7O3S/c1-29(2,3)42-28(40)37-26-15(7-33)21-24(34-9-19(31)25(21)43-26)20-18-12-41-11-17(18)16-8-35-27(36-23(16)22(20)32)39-10-14-6-30(14,13-39)38(4)5/h8-9,14H,6,10-13H2,1-5H3,(H,37,40)/t14-,30-/m0/s1. The van der Waals surface area contributed by atoms with Gasteiger partial charge in [-0.1, -0.05) is 0 Å². The zero-order valence-corrected chi connectivity index (χ0v) is 25.2. The number of carbonyl (C=O) groups is 1. The fraction of sp³-hybridized carbons (Fsp3) is 0.433. The highest BCUT2D eigenvalue weighted by Gasteiger charge is 2.61. The van der Waals surface area contributed by atoms with Gasteiger partial charge < -0.3 is 19.3 Å². The lowest BCUT2D eigenvalue weighted by Crippen LogP contribution is -2.38. The molecule has 1 saturated carbocycles. The first-order valence-corrected chi connectivity index (χ1v) is 14.7. The van der Waals surface area contributed by atoms with Crippen molar-refractivity contribution in [2.24, 2.45) is 5.92 Å². The van der Waals surface area contributed by atoms with Crippen LogP contribution in [0.3, 0.4) is 0 Å². The van der Waals surface area contributed by atoms with E-state index in [1.807, 2.05) is 0 Å². The van der Waals surface area contributed by atoms with Gasteiger partial charge in [-0.2, -0.15) is 5.26 Å². The average molecular weight is 606 g/mol. The topological polar surface area (TPSA) is 116 Å². The van der Waals surface area contributed by atoms with Crippen molar-refractivity contribution in [1.29, 1.82) is 5.26 Å². The van der Waals surface area contributed by atoms with E-state index in [1.165, 1.54) is 0 Å². The summed E-state index contributed by atoms with van der Waals surface area (Å²) >= 11 is 0.867. The van der Waals surface area contributed by atoms with E-state index >= 15 is 8.78 Å². The third-order valence-corrected chi connectivity index (χ3v) is 9.71. The summed E-state index contributed by atoms with van der Waals surface area (Å²) in [6.45, 7) is 6.99. The highest BCUT2D eigenvalue weighted by atomic mass is 32.1. The monoisotopic (exact) mass is 605 g/mol. The molecule has 0 radical (unpaired) electrons. The molecule has 1 aromatic carbocycles. The van der Waals surface area contributed by atoms with Crippen LogP contribution in [0.1, 0.15) is 43.9 Å². The van der Waals surface area contributed by atoms with Gasteiger partial charge in [0.25, 0.3) is 0 Å². The van der Waals surface area contributed by atoms with Gasteiger partial charge in [-0.3, -0.25) is 10.3 Å². The Kier molecular flexibility index (Phi) is 6.15. The van der Waals surface area contributed by atoms with Gasteiger partial charge in [0.2, 0.25) is 5.95 Å². The molecule has 13 heteroatoms. The third-order valence-electron chi connectivity index (χ3n) is 8.60. The minimum atomic E-state index is -0.795. The summed E-state index contributed by atoms with van der Waals surface area (Å²) in [5.74, 6) is -0.386. The number of pyridine rings is 1. The molecule has 1 amide bonds. The number of halogens is 2. The van der Waals surface area contributed by atoms with Crippen LogP contribution in [0, 0.1) is 28.9 Å². The van der Waals surface area contributed by atoms with Crippen molar-refractivity contribution in [3.05, 3.63) is 40.7 Å². The largest absolute Gasteiger partial charge is 0.444 e. The van der Waals surface area contributed by atoms with Gasteiger partial charge in [-0.05, 0) is 58.3 Å². The van der Waals surface area contributed by atoms with Gasteiger partial charge in [0.05, 0.1) is 35.4 Å². The quantitative estimate of drug-likeness (QED) is 0.319.